The normalized spacial score (nSPS) is 16.3. The van der Waals surface area contributed by atoms with Crippen molar-refractivity contribution >= 4 is 0 Å². The number of aliphatic hydroxyl groups is 1. The molecule has 1 aliphatic rings. The van der Waals surface area contributed by atoms with Gasteiger partial charge in [-0.2, -0.15) is 0 Å². The summed E-state index contributed by atoms with van der Waals surface area (Å²) >= 11 is 0. The van der Waals surface area contributed by atoms with Gasteiger partial charge in [0.05, 0.1) is 7.11 Å². The van der Waals surface area contributed by atoms with E-state index in [0.717, 1.165) is 51.4 Å². The van der Waals surface area contributed by atoms with Gasteiger partial charge in [-0.05, 0) is 43.8 Å². The van der Waals surface area contributed by atoms with Crippen LogP contribution in [0.1, 0.15) is 23.6 Å². The van der Waals surface area contributed by atoms with Crippen LogP contribution in [0, 0.1) is 6.92 Å². The Balaban J connectivity index is 1.48. The van der Waals surface area contributed by atoms with Crippen LogP contribution in [-0.4, -0.2) is 85.9 Å². The number of piperazine rings is 1. The molecule has 1 N–H and O–H groups in total. The summed E-state index contributed by atoms with van der Waals surface area (Å²) in [5.74, 6) is 1.38. The van der Waals surface area contributed by atoms with Crippen LogP contribution in [0.15, 0.2) is 42.5 Å². The fourth-order valence-corrected chi connectivity index (χ4v) is 4.13. The first-order valence-electron chi connectivity index (χ1n) is 11.6. The van der Waals surface area contributed by atoms with Gasteiger partial charge in [0.15, 0.2) is 11.5 Å². The molecule has 2 aromatic rings. The summed E-state index contributed by atoms with van der Waals surface area (Å²) in [6.07, 6.45) is -0.520. The molecule has 2 aromatic carbocycles. The molecular formula is C26H39N3O3. The molecule has 1 fully saturated rings. The molecule has 6 heteroatoms. The van der Waals surface area contributed by atoms with E-state index < -0.39 is 6.10 Å². The number of hydrogen-bond donors (Lipinski definition) is 1. The number of ether oxygens (including phenoxy) is 2. The average molecular weight is 442 g/mol. The quantitative estimate of drug-likeness (QED) is 0.579. The van der Waals surface area contributed by atoms with Gasteiger partial charge in [-0.25, -0.2) is 0 Å². The zero-order valence-corrected chi connectivity index (χ0v) is 20.1. The van der Waals surface area contributed by atoms with E-state index in [-0.39, 0.29) is 6.61 Å². The van der Waals surface area contributed by atoms with Gasteiger partial charge in [0.1, 0.15) is 12.7 Å². The number of nitrogens with zero attached hydrogens (tertiary/aromatic N) is 3. The van der Waals surface area contributed by atoms with Gasteiger partial charge in [0.2, 0.25) is 0 Å². The van der Waals surface area contributed by atoms with Crippen molar-refractivity contribution in [3.8, 4) is 11.5 Å². The van der Waals surface area contributed by atoms with Crippen molar-refractivity contribution in [2.75, 3.05) is 60.0 Å². The molecule has 176 valence electrons. The number of β-amino-alcohol motifs (C(OH)–C–C–N with tert-alkyl or cyclic N) is 1. The summed E-state index contributed by atoms with van der Waals surface area (Å²) in [6.45, 7) is 12.1. The van der Waals surface area contributed by atoms with Crippen molar-refractivity contribution in [1.82, 2.24) is 14.7 Å². The Labute approximate surface area is 193 Å². The van der Waals surface area contributed by atoms with Crippen LogP contribution in [0.2, 0.25) is 0 Å². The third kappa shape index (κ3) is 7.48. The molecule has 0 bridgehead atoms. The molecule has 0 spiro atoms. The molecule has 0 unspecified atom stereocenters. The van der Waals surface area contributed by atoms with E-state index in [1.54, 1.807) is 7.11 Å². The molecule has 0 amide bonds. The van der Waals surface area contributed by atoms with Crippen LogP contribution in [0.3, 0.4) is 0 Å². The lowest BCUT2D eigenvalue weighted by atomic mass is 10.1. The molecule has 1 saturated heterocycles. The molecule has 1 atom stereocenters. The molecule has 0 saturated carbocycles. The SMILES string of the molecule is CCN1CCN(C[C@H](O)COc2ccc(CN(C)Cc3ccc(C)cc3)cc2OC)CC1. The first-order valence-corrected chi connectivity index (χ1v) is 11.6. The monoisotopic (exact) mass is 441 g/mol. The third-order valence-corrected chi connectivity index (χ3v) is 6.07. The summed E-state index contributed by atoms with van der Waals surface area (Å²) in [7, 11) is 3.78. The average Bonchev–Trinajstić information content (AvgIpc) is 2.80. The van der Waals surface area contributed by atoms with Crippen LogP contribution in [-0.2, 0) is 13.1 Å². The van der Waals surface area contributed by atoms with E-state index in [4.69, 9.17) is 9.47 Å². The minimum Gasteiger partial charge on any atom is -0.493 e. The van der Waals surface area contributed by atoms with Crippen molar-refractivity contribution in [2.45, 2.75) is 33.0 Å². The van der Waals surface area contributed by atoms with Gasteiger partial charge in [0, 0.05) is 45.8 Å². The maximum Gasteiger partial charge on any atom is 0.161 e. The predicted molar refractivity (Wildman–Crippen MR) is 129 cm³/mol. The molecule has 0 aromatic heterocycles. The molecule has 6 nitrogen and oxygen atoms in total. The second kappa shape index (κ2) is 12.2. The van der Waals surface area contributed by atoms with E-state index in [1.807, 2.05) is 12.1 Å². The van der Waals surface area contributed by atoms with Gasteiger partial charge in [0.25, 0.3) is 0 Å². The second-order valence-corrected chi connectivity index (χ2v) is 8.84. The minimum absolute atomic E-state index is 0.261. The summed E-state index contributed by atoms with van der Waals surface area (Å²) in [6, 6.07) is 14.7. The summed E-state index contributed by atoms with van der Waals surface area (Å²) in [5.41, 5.74) is 3.74. The molecule has 32 heavy (non-hydrogen) atoms. The summed E-state index contributed by atoms with van der Waals surface area (Å²) in [4.78, 5) is 7.02. The van der Waals surface area contributed by atoms with Crippen molar-refractivity contribution in [3.63, 3.8) is 0 Å². The number of methoxy groups -OCH3 is 1. The Hall–Kier alpha value is -2.12. The van der Waals surface area contributed by atoms with Crippen LogP contribution < -0.4 is 9.47 Å². The molecule has 0 radical (unpaired) electrons. The van der Waals surface area contributed by atoms with Gasteiger partial charge in [-0.15, -0.1) is 0 Å². The molecule has 1 aliphatic heterocycles. The number of hydrogen-bond acceptors (Lipinski definition) is 6. The highest BCUT2D eigenvalue weighted by molar-refractivity contribution is 5.43. The van der Waals surface area contributed by atoms with Crippen molar-refractivity contribution < 1.29 is 14.6 Å². The van der Waals surface area contributed by atoms with E-state index in [9.17, 15) is 5.11 Å². The Morgan fingerprint density at radius 1 is 0.938 bits per heavy atom. The van der Waals surface area contributed by atoms with Gasteiger partial charge >= 0.3 is 0 Å². The van der Waals surface area contributed by atoms with E-state index in [0.29, 0.717) is 18.0 Å². The molecule has 0 aliphatic carbocycles. The standard InChI is InChI=1S/C26H39N3O3/c1-5-28-12-14-29(15-13-28)19-24(30)20-32-25-11-10-23(16-26(25)31-4)18-27(3)17-22-8-6-21(2)7-9-22/h6-11,16,24,30H,5,12-15,17-20H2,1-4H3/t24-/m0/s1. The molecule has 1 heterocycles. The van der Waals surface area contributed by atoms with Gasteiger partial charge in [-0.3, -0.25) is 9.80 Å². The third-order valence-electron chi connectivity index (χ3n) is 6.07. The maximum absolute atomic E-state index is 10.5. The summed E-state index contributed by atoms with van der Waals surface area (Å²) in [5, 5.41) is 10.5. The largest absolute Gasteiger partial charge is 0.493 e. The Morgan fingerprint density at radius 2 is 1.56 bits per heavy atom. The van der Waals surface area contributed by atoms with Gasteiger partial charge < -0.3 is 19.5 Å². The number of benzene rings is 2. The van der Waals surface area contributed by atoms with Crippen molar-refractivity contribution in [1.29, 1.82) is 0 Å². The zero-order chi connectivity index (χ0) is 22.9. The highest BCUT2D eigenvalue weighted by atomic mass is 16.5. The number of aliphatic hydroxyl groups excluding tert-OH is 1. The number of likely N-dealkylation sites (N-methyl/N-ethyl adjacent to an activating group) is 1. The van der Waals surface area contributed by atoms with Crippen LogP contribution >= 0.6 is 0 Å². The van der Waals surface area contributed by atoms with E-state index in [2.05, 4.69) is 65.9 Å². The smallest absolute Gasteiger partial charge is 0.161 e. The van der Waals surface area contributed by atoms with Crippen molar-refractivity contribution in [2.24, 2.45) is 0 Å². The predicted octanol–water partition coefficient (Wildman–Crippen LogP) is 3.01. The lowest BCUT2D eigenvalue weighted by molar-refractivity contribution is 0.0464. The fourth-order valence-electron chi connectivity index (χ4n) is 4.13. The highest BCUT2D eigenvalue weighted by Gasteiger charge is 2.19. The van der Waals surface area contributed by atoms with Crippen LogP contribution in [0.4, 0.5) is 0 Å². The zero-order valence-electron chi connectivity index (χ0n) is 20.1. The first-order chi connectivity index (χ1) is 15.5. The second-order valence-electron chi connectivity index (χ2n) is 8.84. The molecular weight excluding hydrogens is 402 g/mol. The fraction of sp³-hybridized carbons (Fsp3) is 0.538. The van der Waals surface area contributed by atoms with Crippen molar-refractivity contribution in [3.05, 3.63) is 59.2 Å². The van der Waals surface area contributed by atoms with Gasteiger partial charge in [-0.1, -0.05) is 42.8 Å². The van der Waals surface area contributed by atoms with E-state index >= 15 is 0 Å². The Morgan fingerprint density at radius 3 is 2.22 bits per heavy atom. The van der Waals surface area contributed by atoms with E-state index in [1.165, 1.54) is 11.1 Å². The lowest BCUT2D eigenvalue weighted by Gasteiger charge is -2.34. The minimum atomic E-state index is -0.520. The number of aryl methyl sites for hydroxylation is 1. The summed E-state index contributed by atoms with van der Waals surface area (Å²) < 4.78 is 11.5. The Bertz CT molecular complexity index is 820. The lowest BCUT2D eigenvalue weighted by Crippen LogP contribution is -2.49. The topological polar surface area (TPSA) is 48.4 Å². The highest BCUT2D eigenvalue weighted by Crippen LogP contribution is 2.29. The number of rotatable bonds is 11. The first kappa shape index (κ1) is 24.5. The van der Waals surface area contributed by atoms with Crippen LogP contribution in [0.5, 0.6) is 11.5 Å². The van der Waals surface area contributed by atoms with Crippen LogP contribution in [0.25, 0.3) is 0 Å². The Kier molecular flexibility index (Phi) is 9.36. The molecule has 3 rings (SSSR count). The maximum atomic E-state index is 10.5.